The molecule has 6 heteroatoms. The summed E-state index contributed by atoms with van der Waals surface area (Å²) in [6, 6.07) is 4.76. The van der Waals surface area contributed by atoms with Crippen molar-refractivity contribution in [1.29, 1.82) is 0 Å². The molecule has 0 amide bonds. The first kappa shape index (κ1) is 15.0. The predicted molar refractivity (Wildman–Crippen MR) is 82.5 cm³/mol. The van der Waals surface area contributed by atoms with Crippen molar-refractivity contribution in [1.82, 2.24) is 0 Å². The topological polar surface area (TPSA) is 52.3 Å². The number of ether oxygens (including phenoxy) is 1. The lowest BCUT2D eigenvalue weighted by atomic mass is 10.1. The summed E-state index contributed by atoms with van der Waals surface area (Å²) in [4.78, 5) is 12.7. The normalized spacial score (nSPS) is 10.6. The van der Waals surface area contributed by atoms with Crippen LogP contribution in [-0.2, 0) is 11.2 Å². The number of hydrogen-bond donors (Lipinski definition) is 1. The molecule has 20 heavy (non-hydrogen) atoms. The molecule has 0 unspecified atom stereocenters. The zero-order chi connectivity index (χ0) is 14.9. The maximum Gasteiger partial charge on any atom is 0.350 e. The van der Waals surface area contributed by atoms with E-state index in [9.17, 15) is 9.18 Å². The highest BCUT2D eigenvalue weighted by Crippen LogP contribution is 2.43. The molecule has 1 aromatic heterocycles. The van der Waals surface area contributed by atoms with Gasteiger partial charge in [0.15, 0.2) is 0 Å². The van der Waals surface area contributed by atoms with Crippen LogP contribution in [0.1, 0.15) is 22.2 Å². The zero-order valence-corrected chi connectivity index (χ0v) is 13.4. The Morgan fingerprint density at radius 1 is 1.50 bits per heavy atom. The second kappa shape index (κ2) is 5.93. The number of anilines is 1. The minimum absolute atomic E-state index is 0.314. The van der Waals surface area contributed by atoms with Crippen LogP contribution in [0.5, 0.6) is 0 Å². The molecule has 0 radical (unpaired) electrons. The SMILES string of the molecule is CCc1c(-c2c(F)cccc2Br)sc(C(=O)OC)c1N. The number of methoxy groups -OCH3 is 1. The Morgan fingerprint density at radius 2 is 2.20 bits per heavy atom. The molecule has 0 bridgehead atoms. The molecular weight excluding hydrogens is 345 g/mol. The van der Waals surface area contributed by atoms with Gasteiger partial charge in [-0.1, -0.05) is 28.9 Å². The Morgan fingerprint density at radius 3 is 2.75 bits per heavy atom. The van der Waals surface area contributed by atoms with Crippen LogP contribution in [0.15, 0.2) is 22.7 Å². The van der Waals surface area contributed by atoms with E-state index in [2.05, 4.69) is 15.9 Å². The van der Waals surface area contributed by atoms with E-state index in [4.69, 9.17) is 10.5 Å². The van der Waals surface area contributed by atoms with E-state index in [1.807, 2.05) is 6.92 Å². The first-order valence-electron chi connectivity index (χ1n) is 5.95. The van der Waals surface area contributed by atoms with Gasteiger partial charge < -0.3 is 10.5 Å². The first-order chi connectivity index (χ1) is 9.51. The first-order valence-corrected chi connectivity index (χ1v) is 7.56. The summed E-state index contributed by atoms with van der Waals surface area (Å²) in [5.74, 6) is -0.854. The molecule has 0 aliphatic carbocycles. The summed E-state index contributed by atoms with van der Waals surface area (Å²) in [6.07, 6.45) is 0.607. The van der Waals surface area contributed by atoms with Gasteiger partial charge in [0.05, 0.1) is 12.8 Å². The van der Waals surface area contributed by atoms with Crippen molar-refractivity contribution in [2.24, 2.45) is 0 Å². The number of thiophene rings is 1. The molecule has 0 atom stereocenters. The van der Waals surface area contributed by atoms with Gasteiger partial charge in [0.2, 0.25) is 0 Å². The van der Waals surface area contributed by atoms with Gasteiger partial charge in [0.25, 0.3) is 0 Å². The van der Waals surface area contributed by atoms with Crippen LogP contribution in [0.2, 0.25) is 0 Å². The third-order valence-corrected chi connectivity index (χ3v) is 4.87. The fourth-order valence-corrected chi connectivity index (χ4v) is 3.95. The predicted octanol–water partition coefficient (Wildman–Crippen LogP) is 4.25. The highest BCUT2D eigenvalue weighted by molar-refractivity contribution is 9.10. The van der Waals surface area contributed by atoms with Crippen LogP contribution in [0.3, 0.4) is 0 Å². The van der Waals surface area contributed by atoms with E-state index >= 15 is 0 Å². The zero-order valence-electron chi connectivity index (χ0n) is 11.0. The standard InChI is InChI=1S/C14H13BrFNO2S/c1-3-7-11(17)13(14(18)19-2)20-12(7)10-8(15)5-4-6-9(10)16/h4-6H,3,17H2,1-2H3. The molecule has 0 aliphatic heterocycles. The molecule has 0 spiro atoms. The molecule has 2 aromatic rings. The van der Waals surface area contributed by atoms with Crippen molar-refractivity contribution in [3.8, 4) is 10.4 Å². The van der Waals surface area contributed by atoms with Crippen molar-refractivity contribution >= 4 is 38.9 Å². The van der Waals surface area contributed by atoms with Crippen LogP contribution in [0.4, 0.5) is 10.1 Å². The van der Waals surface area contributed by atoms with Gasteiger partial charge in [0, 0.05) is 14.9 Å². The van der Waals surface area contributed by atoms with Crippen LogP contribution in [-0.4, -0.2) is 13.1 Å². The Labute approximate surface area is 128 Å². The second-order valence-electron chi connectivity index (χ2n) is 4.09. The number of nitrogens with two attached hydrogens (primary N) is 1. The number of benzene rings is 1. The smallest absolute Gasteiger partial charge is 0.350 e. The third-order valence-electron chi connectivity index (χ3n) is 2.96. The van der Waals surface area contributed by atoms with E-state index in [1.54, 1.807) is 12.1 Å². The van der Waals surface area contributed by atoms with Crippen LogP contribution < -0.4 is 5.73 Å². The monoisotopic (exact) mass is 357 g/mol. The molecule has 0 aliphatic rings. The Bertz CT molecular complexity index is 649. The number of halogens is 2. The van der Waals surface area contributed by atoms with Crippen LogP contribution in [0, 0.1) is 5.82 Å². The number of carbonyl (C=O) groups is 1. The highest BCUT2D eigenvalue weighted by Gasteiger charge is 2.24. The quantitative estimate of drug-likeness (QED) is 0.835. The average molecular weight is 358 g/mol. The van der Waals surface area contributed by atoms with Gasteiger partial charge in [-0.3, -0.25) is 0 Å². The maximum atomic E-state index is 14.1. The lowest BCUT2D eigenvalue weighted by molar-refractivity contribution is 0.0607. The fourth-order valence-electron chi connectivity index (χ4n) is 1.99. The Kier molecular flexibility index (Phi) is 4.45. The van der Waals surface area contributed by atoms with Crippen LogP contribution >= 0.6 is 27.3 Å². The van der Waals surface area contributed by atoms with E-state index in [0.717, 1.165) is 16.9 Å². The molecule has 0 saturated heterocycles. The molecule has 1 heterocycles. The van der Waals surface area contributed by atoms with Crippen molar-refractivity contribution in [2.45, 2.75) is 13.3 Å². The van der Waals surface area contributed by atoms with Crippen molar-refractivity contribution in [3.05, 3.63) is 38.9 Å². The third kappa shape index (κ3) is 2.45. The highest BCUT2D eigenvalue weighted by atomic mass is 79.9. The molecule has 1 aromatic carbocycles. The van der Waals surface area contributed by atoms with Gasteiger partial charge in [-0.2, -0.15) is 0 Å². The van der Waals surface area contributed by atoms with Crippen molar-refractivity contribution in [2.75, 3.05) is 12.8 Å². The average Bonchev–Trinajstić information content (AvgIpc) is 2.74. The Hall–Kier alpha value is -1.40. The lowest BCUT2D eigenvalue weighted by Gasteiger charge is -2.06. The van der Waals surface area contributed by atoms with E-state index < -0.39 is 5.97 Å². The van der Waals surface area contributed by atoms with Crippen molar-refractivity contribution in [3.63, 3.8) is 0 Å². The number of esters is 1. The molecule has 2 rings (SSSR count). The van der Waals surface area contributed by atoms with Crippen molar-refractivity contribution < 1.29 is 13.9 Å². The van der Waals surface area contributed by atoms with Crippen LogP contribution in [0.25, 0.3) is 10.4 Å². The summed E-state index contributed by atoms with van der Waals surface area (Å²) in [5, 5.41) is 0. The second-order valence-corrected chi connectivity index (χ2v) is 5.97. The number of nitrogen functional groups attached to an aromatic ring is 1. The molecule has 0 fully saturated rings. The molecule has 0 saturated carbocycles. The van der Waals surface area contributed by atoms with Gasteiger partial charge in [-0.25, -0.2) is 9.18 Å². The largest absolute Gasteiger partial charge is 0.465 e. The van der Waals surface area contributed by atoms with Gasteiger partial charge in [-0.05, 0) is 24.1 Å². The summed E-state index contributed by atoms with van der Waals surface area (Å²) in [5.41, 5.74) is 7.56. The molecular formula is C14H13BrFNO2S. The minimum atomic E-state index is -0.499. The molecule has 106 valence electrons. The molecule has 2 N–H and O–H groups in total. The van der Waals surface area contributed by atoms with E-state index in [0.29, 0.717) is 31.9 Å². The number of hydrogen-bond acceptors (Lipinski definition) is 4. The van der Waals surface area contributed by atoms with Gasteiger partial charge in [0.1, 0.15) is 10.7 Å². The van der Waals surface area contributed by atoms with Gasteiger partial charge >= 0.3 is 5.97 Å². The Balaban J connectivity index is 2.72. The van der Waals surface area contributed by atoms with Gasteiger partial charge in [-0.15, -0.1) is 11.3 Å². The number of rotatable bonds is 3. The summed E-state index contributed by atoms with van der Waals surface area (Å²) in [6.45, 7) is 1.91. The molecule has 3 nitrogen and oxygen atoms in total. The van der Waals surface area contributed by atoms with E-state index in [-0.39, 0.29) is 5.82 Å². The fraction of sp³-hybridized carbons (Fsp3) is 0.214. The minimum Gasteiger partial charge on any atom is -0.465 e. The lowest BCUT2D eigenvalue weighted by Crippen LogP contribution is -2.02. The summed E-state index contributed by atoms with van der Waals surface area (Å²) < 4.78 is 19.4. The number of carbonyl (C=O) groups excluding carboxylic acids is 1. The summed E-state index contributed by atoms with van der Waals surface area (Å²) in [7, 11) is 1.30. The van der Waals surface area contributed by atoms with E-state index in [1.165, 1.54) is 13.2 Å². The maximum absolute atomic E-state index is 14.1. The summed E-state index contributed by atoms with van der Waals surface area (Å²) >= 11 is 4.50.